The van der Waals surface area contributed by atoms with Crippen LogP contribution in [0.5, 0.6) is 0 Å². The molecule has 1 heterocycles. The standard InChI is InChI=1S/C15H18N2O/c1-11(18)15(8-9-15)14-10-13(16-17(14)2)12-6-4-3-5-7-12/h3-7,10-11,18H,8-9H2,1-2H3. The lowest BCUT2D eigenvalue weighted by Gasteiger charge is -2.18. The van der Waals surface area contributed by atoms with Crippen LogP contribution in [0.1, 0.15) is 25.5 Å². The Morgan fingerprint density at radius 1 is 1.28 bits per heavy atom. The Morgan fingerprint density at radius 2 is 1.94 bits per heavy atom. The summed E-state index contributed by atoms with van der Waals surface area (Å²) in [5.41, 5.74) is 3.20. The monoisotopic (exact) mass is 242 g/mol. The molecule has 0 aliphatic heterocycles. The van der Waals surface area contributed by atoms with Gasteiger partial charge in [-0.2, -0.15) is 5.10 Å². The molecule has 3 rings (SSSR count). The molecule has 1 aliphatic rings. The zero-order chi connectivity index (χ0) is 12.8. The van der Waals surface area contributed by atoms with E-state index in [1.54, 1.807) is 0 Å². The smallest absolute Gasteiger partial charge is 0.0926 e. The number of aryl methyl sites for hydroxylation is 1. The minimum absolute atomic E-state index is 0.0607. The maximum absolute atomic E-state index is 9.96. The first kappa shape index (κ1) is 11.5. The summed E-state index contributed by atoms with van der Waals surface area (Å²) in [6, 6.07) is 12.3. The molecule has 0 spiro atoms. The van der Waals surface area contributed by atoms with Crippen molar-refractivity contribution < 1.29 is 5.11 Å². The summed E-state index contributed by atoms with van der Waals surface area (Å²) < 4.78 is 1.92. The molecule has 0 amide bonds. The van der Waals surface area contributed by atoms with Gasteiger partial charge in [-0.05, 0) is 25.8 Å². The lowest BCUT2D eigenvalue weighted by atomic mass is 9.95. The Morgan fingerprint density at radius 3 is 2.50 bits per heavy atom. The van der Waals surface area contributed by atoms with Crippen LogP contribution < -0.4 is 0 Å². The zero-order valence-corrected chi connectivity index (χ0v) is 10.8. The second-order valence-corrected chi connectivity index (χ2v) is 5.24. The first-order valence-electron chi connectivity index (χ1n) is 6.41. The van der Waals surface area contributed by atoms with Crippen molar-refractivity contribution in [3.05, 3.63) is 42.1 Å². The van der Waals surface area contributed by atoms with Crippen molar-refractivity contribution in [3.63, 3.8) is 0 Å². The molecule has 3 nitrogen and oxygen atoms in total. The fourth-order valence-electron chi connectivity index (χ4n) is 2.71. The molecule has 1 aromatic heterocycles. The molecule has 3 heteroatoms. The highest BCUT2D eigenvalue weighted by Gasteiger charge is 2.50. The van der Waals surface area contributed by atoms with Crippen molar-refractivity contribution in [1.82, 2.24) is 9.78 Å². The molecular weight excluding hydrogens is 224 g/mol. The van der Waals surface area contributed by atoms with E-state index in [0.717, 1.165) is 29.8 Å². The van der Waals surface area contributed by atoms with Crippen LogP contribution in [0, 0.1) is 0 Å². The lowest BCUT2D eigenvalue weighted by molar-refractivity contribution is 0.146. The molecule has 1 saturated carbocycles. The number of aromatic nitrogens is 2. The van der Waals surface area contributed by atoms with Gasteiger partial charge in [-0.1, -0.05) is 30.3 Å². The summed E-state index contributed by atoms with van der Waals surface area (Å²) in [5.74, 6) is 0. The van der Waals surface area contributed by atoms with E-state index in [1.165, 1.54) is 0 Å². The fraction of sp³-hybridized carbons (Fsp3) is 0.400. The van der Waals surface area contributed by atoms with E-state index in [1.807, 2.05) is 36.9 Å². The average molecular weight is 242 g/mol. The maximum Gasteiger partial charge on any atom is 0.0926 e. The van der Waals surface area contributed by atoms with Crippen LogP contribution >= 0.6 is 0 Å². The van der Waals surface area contributed by atoms with Gasteiger partial charge in [0, 0.05) is 23.7 Å². The van der Waals surface area contributed by atoms with Gasteiger partial charge in [0.05, 0.1) is 11.8 Å². The highest BCUT2D eigenvalue weighted by Crippen LogP contribution is 2.51. The molecule has 1 unspecified atom stereocenters. The maximum atomic E-state index is 9.96. The number of aliphatic hydroxyl groups is 1. The number of rotatable bonds is 3. The molecule has 0 bridgehead atoms. The predicted molar refractivity (Wildman–Crippen MR) is 71.2 cm³/mol. The SMILES string of the molecule is CC(O)C1(c2cc(-c3ccccc3)nn2C)CC1. The van der Waals surface area contributed by atoms with Crippen LogP contribution in [0.2, 0.25) is 0 Å². The van der Waals surface area contributed by atoms with Crippen LogP contribution in [0.3, 0.4) is 0 Å². The van der Waals surface area contributed by atoms with Crippen molar-refractivity contribution >= 4 is 0 Å². The quantitative estimate of drug-likeness (QED) is 0.898. The van der Waals surface area contributed by atoms with Crippen LogP contribution in [-0.4, -0.2) is 21.0 Å². The summed E-state index contributed by atoms with van der Waals surface area (Å²) in [6.07, 6.45) is 1.80. The first-order chi connectivity index (χ1) is 8.63. The van der Waals surface area contributed by atoms with Crippen molar-refractivity contribution in [3.8, 4) is 11.3 Å². The molecule has 2 aromatic rings. The zero-order valence-electron chi connectivity index (χ0n) is 10.8. The number of benzene rings is 1. The van der Waals surface area contributed by atoms with Gasteiger partial charge >= 0.3 is 0 Å². The van der Waals surface area contributed by atoms with E-state index >= 15 is 0 Å². The highest BCUT2D eigenvalue weighted by atomic mass is 16.3. The second kappa shape index (κ2) is 3.95. The van der Waals surface area contributed by atoms with Crippen molar-refractivity contribution in [1.29, 1.82) is 0 Å². The number of nitrogens with zero attached hydrogens (tertiary/aromatic N) is 2. The lowest BCUT2D eigenvalue weighted by Crippen LogP contribution is -2.25. The highest BCUT2D eigenvalue weighted by molar-refractivity contribution is 5.60. The van der Waals surface area contributed by atoms with Crippen LogP contribution in [0.4, 0.5) is 0 Å². The third-order valence-electron chi connectivity index (χ3n) is 4.05. The summed E-state index contributed by atoms with van der Waals surface area (Å²) in [4.78, 5) is 0. The fourth-order valence-corrected chi connectivity index (χ4v) is 2.71. The van der Waals surface area contributed by atoms with Crippen LogP contribution in [0.15, 0.2) is 36.4 Å². The van der Waals surface area contributed by atoms with Gasteiger partial charge < -0.3 is 5.11 Å². The third-order valence-corrected chi connectivity index (χ3v) is 4.05. The molecule has 1 N–H and O–H groups in total. The average Bonchev–Trinajstić information content (AvgIpc) is 3.09. The van der Waals surface area contributed by atoms with E-state index in [2.05, 4.69) is 23.3 Å². The van der Waals surface area contributed by atoms with Gasteiger partial charge in [0.15, 0.2) is 0 Å². The van der Waals surface area contributed by atoms with Gasteiger partial charge in [0.1, 0.15) is 0 Å². The summed E-state index contributed by atoms with van der Waals surface area (Å²) in [6.45, 7) is 1.88. The van der Waals surface area contributed by atoms with E-state index in [4.69, 9.17) is 0 Å². The summed E-state index contributed by atoms with van der Waals surface area (Å²) in [7, 11) is 1.96. The summed E-state index contributed by atoms with van der Waals surface area (Å²) >= 11 is 0. The van der Waals surface area contributed by atoms with Crippen molar-refractivity contribution in [2.45, 2.75) is 31.3 Å². The van der Waals surface area contributed by atoms with E-state index in [-0.39, 0.29) is 11.5 Å². The van der Waals surface area contributed by atoms with Gasteiger partial charge in [-0.15, -0.1) is 0 Å². The minimum atomic E-state index is -0.309. The molecule has 0 radical (unpaired) electrons. The van der Waals surface area contributed by atoms with Crippen molar-refractivity contribution in [2.75, 3.05) is 0 Å². The molecule has 0 saturated heterocycles. The Balaban J connectivity index is 2.02. The Bertz CT molecular complexity index is 553. The Hall–Kier alpha value is -1.61. The molecular formula is C15H18N2O. The Labute approximate surface area is 107 Å². The second-order valence-electron chi connectivity index (χ2n) is 5.24. The number of hydrogen-bond acceptors (Lipinski definition) is 2. The largest absolute Gasteiger partial charge is 0.392 e. The van der Waals surface area contributed by atoms with Gasteiger partial charge in [-0.3, -0.25) is 4.68 Å². The topological polar surface area (TPSA) is 38.1 Å². The van der Waals surface area contributed by atoms with E-state index in [9.17, 15) is 5.11 Å². The van der Waals surface area contributed by atoms with Crippen LogP contribution in [0.25, 0.3) is 11.3 Å². The van der Waals surface area contributed by atoms with Crippen LogP contribution in [-0.2, 0) is 12.5 Å². The molecule has 94 valence electrons. The van der Waals surface area contributed by atoms with Gasteiger partial charge in [0.25, 0.3) is 0 Å². The van der Waals surface area contributed by atoms with E-state index in [0.29, 0.717) is 0 Å². The van der Waals surface area contributed by atoms with E-state index < -0.39 is 0 Å². The number of hydrogen-bond donors (Lipinski definition) is 1. The third kappa shape index (κ3) is 1.66. The molecule has 1 atom stereocenters. The first-order valence-corrected chi connectivity index (χ1v) is 6.41. The Kier molecular flexibility index (Phi) is 2.52. The minimum Gasteiger partial charge on any atom is -0.392 e. The normalized spacial score (nSPS) is 18.6. The molecule has 18 heavy (non-hydrogen) atoms. The van der Waals surface area contributed by atoms with Crippen molar-refractivity contribution in [2.24, 2.45) is 7.05 Å². The molecule has 1 fully saturated rings. The number of aliphatic hydroxyl groups excluding tert-OH is 1. The summed E-state index contributed by atoms with van der Waals surface area (Å²) in [5, 5.41) is 14.5. The van der Waals surface area contributed by atoms with Gasteiger partial charge in [-0.25, -0.2) is 0 Å². The molecule has 1 aliphatic carbocycles. The molecule has 1 aromatic carbocycles. The predicted octanol–water partition coefficient (Wildman–Crippen LogP) is 2.50. The van der Waals surface area contributed by atoms with Gasteiger partial charge in [0.2, 0.25) is 0 Å².